The maximum Gasteiger partial charge on any atom is 0.416 e. The molecule has 1 unspecified atom stereocenters. The molecule has 0 aromatic heterocycles. The second-order valence-electron chi connectivity index (χ2n) is 6.38. The highest BCUT2D eigenvalue weighted by molar-refractivity contribution is 7.92. The number of alkyl halides is 3. The van der Waals surface area contributed by atoms with Crippen molar-refractivity contribution in [2.24, 2.45) is 0 Å². The second-order valence-corrected chi connectivity index (χ2v) is 8.67. The van der Waals surface area contributed by atoms with Crippen molar-refractivity contribution in [3.05, 3.63) is 64.7 Å². The number of amides is 1. The fraction of sp³-hybridized carbons (Fsp3) is 0.316. The molecule has 0 saturated carbocycles. The van der Waals surface area contributed by atoms with Crippen LogP contribution in [0.3, 0.4) is 0 Å². The Morgan fingerprint density at radius 2 is 1.83 bits per heavy atom. The summed E-state index contributed by atoms with van der Waals surface area (Å²) in [7, 11) is -3.83. The van der Waals surface area contributed by atoms with Gasteiger partial charge in [-0.15, -0.1) is 0 Å². The number of anilines is 1. The Bertz CT molecular complexity index is 981. The van der Waals surface area contributed by atoms with Crippen molar-refractivity contribution in [2.45, 2.75) is 32.1 Å². The summed E-state index contributed by atoms with van der Waals surface area (Å²) in [5.74, 6) is -0.629. The maximum atomic E-state index is 12.8. The molecule has 0 aliphatic rings. The highest BCUT2D eigenvalue weighted by Crippen LogP contribution is 2.29. The number of carbonyl (C=O) groups excluding carboxylic acids is 1. The first-order chi connectivity index (χ1) is 13.4. The average molecular weight is 449 g/mol. The average Bonchev–Trinajstić information content (AvgIpc) is 2.62. The third-order valence-electron chi connectivity index (χ3n) is 4.11. The highest BCUT2D eigenvalue weighted by Gasteiger charge is 2.32. The van der Waals surface area contributed by atoms with Gasteiger partial charge in [0.25, 0.3) is 0 Å². The van der Waals surface area contributed by atoms with Crippen LogP contribution in [0, 0.1) is 0 Å². The maximum absolute atomic E-state index is 12.8. The van der Waals surface area contributed by atoms with Crippen molar-refractivity contribution < 1.29 is 26.4 Å². The van der Waals surface area contributed by atoms with Crippen molar-refractivity contribution in [2.75, 3.05) is 10.6 Å². The molecule has 2 aromatic carbocycles. The van der Waals surface area contributed by atoms with E-state index < -0.39 is 33.7 Å². The smallest absolute Gasteiger partial charge is 0.350 e. The molecule has 1 N–H and O–H groups in total. The summed E-state index contributed by atoms with van der Waals surface area (Å²) in [4.78, 5) is 12.7. The molecule has 1 atom stereocenters. The molecule has 0 fully saturated rings. The molecule has 0 heterocycles. The molecule has 0 aliphatic heterocycles. The van der Waals surface area contributed by atoms with Gasteiger partial charge in [-0.3, -0.25) is 9.10 Å². The number of halogens is 4. The Kier molecular flexibility index (Phi) is 7.18. The monoisotopic (exact) mass is 448 g/mol. The zero-order chi connectivity index (χ0) is 21.8. The minimum Gasteiger partial charge on any atom is -0.350 e. The molecule has 10 heteroatoms. The van der Waals surface area contributed by atoms with Crippen LogP contribution in [0.1, 0.15) is 24.5 Å². The quantitative estimate of drug-likeness (QED) is 0.689. The molecule has 5 nitrogen and oxygen atoms in total. The van der Waals surface area contributed by atoms with Gasteiger partial charge in [-0.05, 0) is 42.3 Å². The van der Waals surface area contributed by atoms with Gasteiger partial charge in [0, 0.05) is 11.6 Å². The van der Waals surface area contributed by atoms with Crippen LogP contribution in [0.25, 0.3) is 0 Å². The number of hydrogen-bond donors (Lipinski definition) is 1. The number of carbonyl (C=O) groups is 1. The lowest BCUT2D eigenvalue weighted by atomic mass is 10.1. The Hall–Kier alpha value is -2.26. The van der Waals surface area contributed by atoms with E-state index >= 15 is 0 Å². The summed E-state index contributed by atoms with van der Waals surface area (Å²) in [5, 5.41) is 2.82. The van der Waals surface area contributed by atoms with Crippen LogP contribution >= 0.6 is 11.6 Å². The van der Waals surface area contributed by atoms with Crippen LogP contribution in [0.15, 0.2) is 48.5 Å². The molecular weight excluding hydrogens is 429 g/mol. The van der Waals surface area contributed by atoms with Crippen molar-refractivity contribution >= 4 is 33.2 Å². The molecule has 29 heavy (non-hydrogen) atoms. The van der Waals surface area contributed by atoms with E-state index in [1.807, 2.05) is 0 Å². The number of sulfonamides is 1. The predicted octanol–water partition coefficient (Wildman–Crippen LogP) is 4.22. The third kappa shape index (κ3) is 6.11. The molecule has 158 valence electrons. The Morgan fingerprint density at radius 1 is 1.17 bits per heavy atom. The summed E-state index contributed by atoms with van der Waals surface area (Å²) in [6.07, 6.45) is -3.38. The fourth-order valence-corrected chi connectivity index (χ4v) is 4.23. The van der Waals surface area contributed by atoms with E-state index in [1.54, 1.807) is 19.1 Å². The second kappa shape index (κ2) is 9.04. The molecule has 2 rings (SSSR count). The number of nitrogens with zero attached hydrogens (tertiary/aromatic N) is 1. The van der Waals surface area contributed by atoms with E-state index in [-0.39, 0.29) is 24.2 Å². The topological polar surface area (TPSA) is 66.5 Å². The lowest BCUT2D eigenvalue weighted by Gasteiger charge is -2.30. The van der Waals surface area contributed by atoms with Crippen molar-refractivity contribution in [3.8, 4) is 0 Å². The van der Waals surface area contributed by atoms with Crippen LogP contribution in [0.4, 0.5) is 18.9 Å². The zero-order valence-corrected chi connectivity index (χ0v) is 17.3. The summed E-state index contributed by atoms with van der Waals surface area (Å²) in [6, 6.07) is 9.54. The SMILES string of the molecule is CCC(C(=O)NCc1cccc(C(F)(F)F)c1)N(c1cccc(Cl)c1)S(C)(=O)=O. The number of nitrogens with one attached hydrogen (secondary N) is 1. The van der Waals surface area contributed by atoms with Gasteiger partial charge in [-0.2, -0.15) is 13.2 Å². The first-order valence-electron chi connectivity index (χ1n) is 8.62. The van der Waals surface area contributed by atoms with Gasteiger partial charge in [0.05, 0.1) is 17.5 Å². The number of hydrogen-bond acceptors (Lipinski definition) is 3. The van der Waals surface area contributed by atoms with Crippen LogP contribution in [-0.4, -0.2) is 26.6 Å². The fourth-order valence-electron chi connectivity index (χ4n) is 2.84. The number of benzene rings is 2. The molecule has 0 aliphatic carbocycles. The lowest BCUT2D eigenvalue weighted by Crippen LogP contribution is -2.49. The Labute approximate surface area is 172 Å². The van der Waals surface area contributed by atoms with E-state index in [4.69, 9.17) is 11.6 Å². The summed E-state index contributed by atoms with van der Waals surface area (Å²) >= 11 is 5.95. The van der Waals surface area contributed by atoms with E-state index in [0.29, 0.717) is 5.02 Å². The molecule has 0 radical (unpaired) electrons. The van der Waals surface area contributed by atoms with E-state index in [2.05, 4.69) is 5.32 Å². The minimum absolute atomic E-state index is 0.147. The van der Waals surface area contributed by atoms with E-state index in [9.17, 15) is 26.4 Å². The highest BCUT2D eigenvalue weighted by atomic mass is 35.5. The van der Waals surface area contributed by atoms with Gasteiger partial charge >= 0.3 is 6.18 Å². The van der Waals surface area contributed by atoms with Gasteiger partial charge < -0.3 is 5.32 Å². The Balaban J connectivity index is 2.24. The van der Waals surface area contributed by atoms with Gasteiger partial charge in [0.2, 0.25) is 15.9 Å². The first-order valence-corrected chi connectivity index (χ1v) is 10.8. The summed E-state index contributed by atoms with van der Waals surface area (Å²) in [5.41, 5.74) is -0.356. The minimum atomic E-state index is -4.49. The predicted molar refractivity (Wildman–Crippen MR) is 106 cm³/mol. The molecule has 2 aromatic rings. The number of rotatable bonds is 7. The zero-order valence-electron chi connectivity index (χ0n) is 15.7. The van der Waals surface area contributed by atoms with Crippen LogP contribution in [0.5, 0.6) is 0 Å². The standard InChI is InChI=1S/C19H20ClF3N2O3S/c1-3-17(25(29(2,27)28)16-9-5-8-15(20)11-16)18(26)24-12-13-6-4-7-14(10-13)19(21,22)23/h4-11,17H,3,12H2,1-2H3,(H,24,26). The van der Waals surface area contributed by atoms with Gasteiger partial charge in [0.15, 0.2) is 0 Å². The van der Waals surface area contributed by atoms with Crippen LogP contribution < -0.4 is 9.62 Å². The van der Waals surface area contributed by atoms with Crippen LogP contribution in [0.2, 0.25) is 5.02 Å². The van der Waals surface area contributed by atoms with E-state index in [0.717, 1.165) is 22.7 Å². The van der Waals surface area contributed by atoms with Gasteiger partial charge in [-0.1, -0.05) is 36.7 Å². The normalized spacial score (nSPS) is 13.0. The summed E-state index contributed by atoms with van der Waals surface area (Å²) in [6.45, 7) is 1.46. The Morgan fingerprint density at radius 3 is 2.38 bits per heavy atom. The van der Waals surface area contributed by atoms with Crippen molar-refractivity contribution in [3.63, 3.8) is 0 Å². The lowest BCUT2D eigenvalue weighted by molar-refractivity contribution is -0.137. The van der Waals surface area contributed by atoms with E-state index in [1.165, 1.54) is 24.3 Å². The molecule has 0 saturated heterocycles. The first kappa shape index (κ1) is 23.0. The molecule has 0 bridgehead atoms. The van der Waals surface area contributed by atoms with Crippen LogP contribution in [-0.2, 0) is 27.5 Å². The molecule has 0 spiro atoms. The molecular formula is C19H20ClF3N2O3S. The largest absolute Gasteiger partial charge is 0.416 e. The molecule has 1 amide bonds. The van der Waals surface area contributed by atoms with Gasteiger partial charge in [0.1, 0.15) is 6.04 Å². The van der Waals surface area contributed by atoms with Gasteiger partial charge in [-0.25, -0.2) is 8.42 Å². The van der Waals surface area contributed by atoms with Crippen molar-refractivity contribution in [1.29, 1.82) is 0 Å². The van der Waals surface area contributed by atoms with Crippen molar-refractivity contribution in [1.82, 2.24) is 5.32 Å². The third-order valence-corrected chi connectivity index (χ3v) is 5.53. The summed E-state index contributed by atoms with van der Waals surface area (Å²) < 4.78 is 64.2.